The highest BCUT2D eigenvalue weighted by Gasteiger charge is 2.86. The van der Waals surface area contributed by atoms with E-state index in [4.69, 9.17) is 4.74 Å². The Morgan fingerprint density at radius 1 is 1.47 bits per heavy atom. The lowest BCUT2D eigenvalue weighted by atomic mass is 9.82. The number of unbranched alkanes of at least 4 members (excludes halogenated alkanes) is 1. The number of ether oxygens (including phenoxy) is 1. The van der Waals surface area contributed by atoms with Crippen molar-refractivity contribution < 1.29 is 4.74 Å². The predicted octanol–water partition coefficient (Wildman–Crippen LogP) is 3.57. The summed E-state index contributed by atoms with van der Waals surface area (Å²) in [6, 6.07) is 0. The number of hydrogen-bond acceptors (Lipinski definition) is 1. The van der Waals surface area contributed by atoms with Gasteiger partial charge in [-0.05, 0) is 48.9 Å². The lowest BCUT2D eigenvalue weighted by Gasteiger charge is -2.23. The fourth-order valence-corrected chi connectivity index (χ4v) is 5.77. The minimum absolute atomic E-state index is 0.539. The monoisotopic (exact) mass is 230 g/mol. The van der Waals surface area contributed by atoms with E-state index in [1.165, 1.54) is 19.3 Å². The summed E-state index contributed by atoms with van der Waals surface area (Å²) in [5, 5.41) is 0. The first-order chi connectivity index (χ1) is 8.26. The molecule has 92 valence electrons. The van der Waals surface area contributed by atoms with Gasteiger partial charge in [0.1, 0.15) is 0 Å². The molecule has 1 heterocycles. The van der Waals surface area contributed by atoms with Crippen LogP contribution in [0.3, 0.4) is 0 Å². The van der Waals surface area contributed by atoms with Crippen LogP contribution in [0.15, 0.2) is 24.8 Å². The SMILES string of the molecule is C=CCCC[C@@H]1OC[C@H]2C[C@H]3C=C[C@H]4C3(C)[C@]214. The van der Waals surface area contributed by atoms with Gasteiger partial charge in [0, 0.05) is 5.41 Å². The van der Waals surface area contributed by atoms with Crippen LogP contribution < -0.4 is 0 Å². The maximum absolute atomic E-state index is 6.16. The Hall–Kier alpha value is -0.560. The van der Waals surface area contributed by atoms with Gasteiger partial charge < -0.3 is 4.74 Å². The van der Waals surface area contributed by atoms with Crippen molar-refractivity contribution in [3.63, 3.8) is 0 Å². The van der Waals surface area contributed by atoms with E-state index < -0.39 is 0 Å². The van der Waals surface area contributed by atoms with Crippen molar-refractivity contribution in [2.45, 2.75) is 38.7 Å². The van der Waals surface area contributed by atoms with E-state index in [2.05, 4.69) is 25.7 Å². The molecule has 1 heteroatoms. The van der Waals surface area contributed by atoms with Crippen LogP contribution >= 0.6 is 0 Å². The maximum Gasteiger partial charge on any atom is 0.0646 e. The van der Waals surface area contributed by atoms with Gasteiger partial charge >= 0.3 is 0 Å². The third kappa shape index (κ3) is 0.907. The van der Waals surface area contributed by atoms with Crippen LogP contribution in [0.2, 0.25) is 0 Å². The second-order valence-corrected chi connectivity index (χ2v) is 6.66. The summed E-state index contributed by atoms with van der Waals surface area (Å²) in [6.45, 7) is 7.37. The molecule has 1 unspecified atom stereocenters. The summed E-state index contributed by atoms with van der Waals surface area (Å²) in [7, 11) is 0. The van der Waals surface area contributed by atoms with Crippen molar-refractivity contribution in [3.05, 3.63) is 24.8 Å². The van der Waals surface area contributed by atoms with E-state index in [0.717, 1.165) is 30.8 Å². The Morgan fingerprint density at radius 3 is 3.12 bits per heavy atom. The Bertz CT molecular complexity index is 398. The minimum atomic E-state index is 0.539. The highest BCUT2D eigenvalue weighted by atomic mass is 16.5. The lowest BCUT2D eigenvalue weighted by molar-refractivity contribution is 0.0587. The van der Waals surface area contributed by atoms with Gasteiger partial charge in [0.25, 0.3) is 0 Å². The highest BCUT2D eigenvalue weighted by Crippen LogP contribution is 2.88. The molecule has 1 aliphatic heterocycles. The third-order valence-corrected chi connectivity index (χ3v) is 6.44. The number of allylic oxidation sites excluding steroid dienone is 3. The normalized spacial score (nSPS) is 57.0. The Morgan fingerprint density at radius 2 is 2.35 bits per heavy atom. The molecule has 4 aliphatic rings. The van der Waals surface area contributed by atoms with Crippen molar-refractivity contribution in [1.82, 2.24) is 0 Å². The molecule has 0 aromatic carbocycles. The number of rotatable bonds is 4. The van der Waals surface area contributed by atoms with Crippen LogP contribution in [0.4, 0.5) is 0 Å². The molecule has 6 atom stereocenters. The average molecular weight is 230 g/mol. The molecule has 2 saturated carbocycles. The lowest BCUT2D eigenvalue weighted by Crippen LogP contribution is -2.25. The molecule has 0 bridgehead atoms. The topological polar surface area (TPSA) is 9.23 Å². The molecule has 0 aromatic heterocycles. The van der Waals surface area contributed by atoms with Gasteiger partial charge in [0.15, 0.2) is 0 Å². The first kappa shape index (κ1) is 10.4. The van der Waals surface area contributed by atoms with Crippen molar-refractivity contribution >= 4 is 0 Å². The summed E-state index contributed by atoms with van der Waals surface area (Å²) in [6.07, 6.45) is 12.6. The fraction of sp³-hybridized carbons (Fsp3) is 0.750. The average Bonchev–Trinajstić information content (AvgIpc) is 2.57. The van der Waals surface area contributed by atoms with Crippen LogP contribution in [0.5, 0.6) is 0 Å². The molecule has 0 radical (unpaired) electrons. The Labute approximate surface area is 104 Å². The van der Waals surface area contributed by atoms with Crippen molar-refractivity contribution in [2.24, 2.45) is 28.6 Å². The van der Waals surface area contributed by atoms with Gasteiger partial charge in [-0.15, -0.1) is 6.58 Å². The summed E-state index contributed by atoms with van der Waals surface area (Å²) < 4.78 is 6.16. The first-order valence-corrected chi connectivity index (χ1v) is 7.17. The molecule has 1 nitrogen and oxygen atoms in total. The summed E-state index contributed by atoms with van der Waals surface area (Å²) >= 11 is 0. The Kier molecular flexibility index (Phi) is 1.87. The van der Waals surface area contributed by atoms with Gasteiger partial charge in [-0.1, -0.05) is 25.2 Å². The first-order valence-electron chi connectivity index (χ1n) is 7.17. The minimum Gasteiger partial charge on any atom is -0.377 e. The molecule has 0 N–H and O–H groups in total. The van der Waals surface area contributed by atoms with Crippen molar-refractivity contribution in [1.29, 1.82) is 0 Å². The van der Waals surface area contributed by atoms with E-state index in [1.54, 1.807) is 0 Å². The molecule has 1 spiro atoms. The van der Waals surface area contributed by atoms with E-state index in [1.807, 2.05) is 6.08 Å². The largest absolute Gasteiger partial charge is 0.377 e. The van der Waals surface area contributed by atoms with E-state index in [9.17, 15) is 0 Å². The highest BCUT2D eigenvalue weighted by molar-refractivity contribution is 5.42. The smallest absolute Gasteiger partial charge is 0.0646 e. The van der Waals surface area contributed by atoms with Crippen molar-refractivity contribution in [2.75, 3.05) is 6.61 Å². The van der Waals surface area contributed by atoms with Crippen LogP contribution in [-0.4, -0.2) is 12.7 Å². The molecule has 0 aromatic rings. The summed E-state index contributed by atoms with van der Waals surface area (Å²) in [4.78, 5) is 0. The zero-order valence-corrected chi connectivity index (χ0v) is 10.7. The molecule has 3 aliphatic carbocycles. The molecule has 3 fully saturated rings. The van der Waals surface area contributed by atoms with Crippen LogP contribution in [0.1, 0.15) is 32.6 Å². The molecule has 1 saturated heterocycles. The quantitative estimate of drug-likeness (QED) is 0.530. The fourth-order valence-electron chi connectivity index (χ4n) is 5.77. The molecule has 0 amide bonds. The van der Waals surface area contributed by atoms with Crippen molar-refractivity contribution in [3.8, 4) is 0 Å². The molecular weight excluding hydrogens is 208 g/mol. The van der Waals surface area contributed by atoms with Crippen LogP contribution in [0, 0.1) is 28.6 Å². The van der Waals surface area contributed by atoms with Gasteiger partial charge in [0.2, 0.25) is 0 Å². The van der Waals surface area contributed by atoms with E-state index in [0.29, 0.717) is 16.9 Å². The second-order valence-electron chi connectivity index (χ2n) is 6.66. The zero-order chi connectivity index (χ0) is 11.7. The molecule has 17 heavy (non-hydrogen) atoms. The van der Waals surface area contributed by atoms with Crippen LogP contribution in [0.25, 0.3) is 0 Å². The molecule has 4 rings (SSSR count). The van der Waals surface area contributed by atoms with Gasteiger partial charge in [-0.3, -0.25) is 0 Å². The predicted molar refractivity (Wildman–Crippen MR) is 68.6 cm³/mol. The second kappa shape index (κ2) is 3.06. The Balaban J connectivity index is 1.60. The number of hydrogen-bond donors (Lipinski definition) is 0. The van der Waals surface area contributed by atoms with Crippen LogP contribution in [-0.2, 0) is 4.74 Å². The van der Waals surface area contributed by atoms with Gasteiger partial charge in [-0.25, -0.2) is 0 Å². The zero-order valence-electron chi connectivity index (χ0n) is 10.7. The van der Waals surface area contributed by atoms with Gasteiger partial charge in [-0.2, -0.15) is 0 Å². The summed E-state index contributed by atoms with van der Waals surface area (Å²) in [5.41, 5.74) is 1.13. The maximum atomic E-state index is 6.16. The standard InChI is InChI=1S/C16H22O/c1-3-4-5-6-14-16-12(10-17-14)9-11-7-8-13(16)15(11,16)2/h3,7-8,11-14H,1,4-6,9-10H2,2H3/t11-,12-,13+,14+,15?,16+/m1/s1. The molecular formula is C16H22O. The van der Waals surface area contributed by atoms with Gasteiger partial charge in [0.05, 0.1) is 12.7 Å². The van der Waals surface area contributed by atoms with E-state index >= 15 is 0 Å². The summed E-state index contributed by atoms with van der Waals surface area (Å²) in [5.74, 6) is 2.56. The third-order valence-electron chi connectivity index (χ3n) is 6.44. The van der Waals surface area contributed by atoms with E-state index in [-0.39, 0.29) is 0 Å².